The number of nitrogens with two attached hydrogens (primary N) is 1. The molecule has 9 heteroatoms. The van der Waals surface area contributed by atoms with Crippen LogP contribution in [0, 0.1) is 11.3 Å². The summed E-state index contributed by atoms with van der Waals surface area (Å²) in [5, 5.41) is 9.64. The third-order valence-electron chi connectivity index (χ3n) is 5.11. The van der Waals surface area contributed by atoms with E-state index < -0.39 is 33.9 Å². The summed E-state index contributed by atoms with van der Waals surface area (Å²) in [6, 6.07) is 3.32. The summed E-state index contributed by atoms with van der Waals surface area (Å²) >= 11 is 0. The van der Waals surface area contributed by atoms with Crippen LogP contribution >= 0.6 is 0 Å². The van der Waals surface area contributed by atoms with Crippen molar-refractivity contribution in [2.75, 3.05) is 24.6 Å². The number of anilines is 1. The van der Waals surface area contributed by atoms with Crippen molar-refractivity contribution in [1.82, 2.24) is 4.90 Å². The number of esters is 1. The van der Waals surface area contributed by atoms with E-state index in [1.165, 1.54) is 25.1 Å². The summed E-state index contributed by atoms with van der Waals surface area (Å²) in [7, 11) is -3.64. The Labute approximate surface area is 171 Å². The van der Waals surface area contributed by atoms with Gasteiger partial charge in [0.15, 0.2) is 9.84 Å². The lowest BCUT2D eigenvalue weighted by Gasteiger charge is -2.28. The molecule has 2 atom stereocenters. The SMILES string of the molecule is CCS(=O)(=O)c1ccc(N)cc1C1C(C(=O)OCCC(C)(C)C)CCN1C(=O)O. The number of hydrogen-bond acceptors (Lipinski definition) is 6. The van der Waals surface area contributed by atoms with Crippen molar-refractivity contribution in [2.24, 2.45) is 11.3 Å². The van der Waals surface area contributed by atoms with E-state index in [2.05, 4.69) is 0 Å². The molecule has 2 rings (SSSR count). The van der Waals surface area contributed by atoms with Gasteiger partial charge in [0.2, 0.25) is 0 Å². The third kappa shape index (κ3) is 5.41. The fourth-order valence-corrected chi connectivity index (χ4v) is 4.57. The van der Waals surface area contributed by atoms with E-state index >= 15 is 0 Å². The third-order valence-corrected chi connectivity index (χ3v) is 6.91. The minimum Gasteiger partial charge on any atom is -0.465 e. The second kappa shape index (κ2) is 8.61. The Morgan fingerprint density at radius 1 is 1.31 bits per heavy atom. The normalized spacial score (nSPS) is 19.9. The first-order valence-corrected chi connectivity index (χ1v) is 11.3. The average Bonchev–Trinajstić information content (AvgIpc) is 3.05. The summed E-state index contributed by atoms with van der Waals surface area (Å²) in [4.78, 5) is 25.7. The van der Waals surface area contributed by atoms with Gasteiger partial charge >= 0.3 is 12.1 Å². The molecule has 0 radical (unpaired) electrons. The average molecular weight is 427 g/mol. The highest BCUT2D eigenvalue weighted by molar-refractivity contribution is 7.91. The van der Waals surface area contributed by atoms with Crippen molar-refractivity contribution in [3.8, 4) is 0 Å². The van der Waals surface area contributed by atoms with E-state index in [1.54, 1.807) is 0 Å². The predicted octanol–water partition coefficient (Wildman–Crippen LogP) is 3.08. The lowest BCUT2D eigenvalue weighted by molar-refractivity contribution is -0.150. The van der Waals surface area contributed by atoms with Gasteiger partial charge < -0.3 is 20.5 Å². The van der Waals surface area contributed by atoms with Gasteiger partial charge in [0, 0.05) is 12.2 Å². The molecule has 1 aliphatic heterocycles. The number of nitrogens with zero attached hydrogens (tertiary/aromatic N) is 1. The molecule has 1 aromatic rings. The number of ether oxygens (including phenoxy) is 1. The van der Waals surface area contributed by atoms with Crippen LogP contribution in [0.2, 0.25) is 0 Å². The van der Waals surface area contributed by atoms with Crippen molar-refractivity contribution in [3.63, 3.8) is 0 Å². The molecule has 162 valence electrons. The minimum atomic E-state index is -3.64. The zero-order valence-electron chi connectivity index (χ0n) is 17.3. The fraction of sp³-hybridized carbons (Fsp3) is 0.600. The highest BCUT2D eigenvalue weighted by atomic mass is 32.2. The maximum Gasteiger partial charge on any atom is 0.407 e. The van der Waals surface area contributed by atoms with Crippen LogP contribution in [0.3, 0.4) is 0 Å². The number of carbonyl (C=O) groups excluding carboxylic acids is 1. The van der Waals surface area contributed by atoms with Gasteiger partial charge in [-0.2, -0.15) is 0 Å². The molecule has 1 heterocycles. The van der Waals surface area contributed by atoms with Crippen molar-refractivity contribution >= 4 is 27.6 Å². The topological polar surface area (TPSA) is 127 Å². The van der Waals surface area contributed by atoms with Gasteiger partial charge in [-0.15, -0.1) is 0 Å². The Kier molecular flexibility index (Phi) is 6.82. The van der Waals surface area contributed by atoms with Crippen LogP contribution in [0.4, 0.5) is 10.5 Å². The van der Waals surface area contributed by atoms with Crippen molar-refractivity contribution in [3.05, 3.63) is 23.8 Å². The molecular formula is C20H30N2O6S. The predicted molar refractivity (Wildman–Crippen MR) is 109 cm³/mol. The lowest BCUT2D eigenvalue weighted by Crippen LogP contribution is -2.34. The Morgan fingerprint density at radius 3 is 2.52 bits per heavy atom. The molecular weight excluding hydrogens is 396 g/mol. The van der Waals surface area contributed by atoms with Crippen LogP contribution in [-0.2, 0) is 19.4 Å². The summed E-state index contributed by atoms with van der Waals surface area (Å²) in [5.41, 5.74) is 6.38. The largest absolute Gasteiger partial charge is 0.465 e. The van der Waals surface area contributed by atoms with Crippen LogP contribution in [0.25, 0.3) is 0 Å². The quantitative estimate of drug-likeness (QED) is 0.528. The molecule has 0 spiro atoms. The van der Waals surface area contributed by atoms with E-state index in [1.807, 2.05) is 20.8 Å². The van der Waals surface area contributed by atoms with Crippen molar-refractivity contribution in [2.45, 2.75) is 51.5 Å². The number of hydrogen-bond donors (Lipinski definition) is 2. The van der Waals surface area contributed by atoms with E-state index in [0.717, 1.165) is 4.90 Å². The number of sulfone groups is 1. The second-order valence-corrected chi connectivity index (χ2v) is 10.7. The number of nitrogen functional groups attached to an aromatic ring is 1. The Bertz CT molecular complexity index is 875. The Morgan fingerprint density at radius 2 is 1.97 bits per heavy atom. The first kappa shape index (κ1) is 23.0. The molecule has 1 saturated heterocycles. The molecule has 1 fully saturated rings. The molecule has 0 bridgehead atoms. The van der Waals surface area contributed by atoms with Gasteiger partial charge in [-0.25, -0.2) is 13.2 Å². The van der Waals surface area contributed by atoms with E-state index in [-0.39, 0.29) is 41.2 Å². The lowest BCUT2D eigenvalue weighted by atomic mass is 9.92. The minimum absolute atomic E-state index is 0.000147. The number of rotatable bonds is 6. The maximum absolute atomic E-state index is 12.8. The maximum atomic E-state index is 12.8. The number of benzene rings is 1. The van der Waals surface area contributed by atoms with Gasteiger partial charge in [-0.1, -0.05) is 27.7 Å². The fourth-order valence-electron chi connectivity index (χ4n) is 3.44. The molecule has 0 aliphatic carbocycles. The molecule has 1 amide bonds. The first-order valence-electron chi connectivity index (χ1n) is 9.66. The van der Waals surface area contributed by atoms with Crippen LogP contribution in [0.5, 0.6) is 0 Å². The van der Waals surface area contributed by atoms with Gasteiger partial charge in [0.05, 0.1) is 29.2 Å². The Balaban J connectivity index is 2.44. The smallest absolute Gasteiger partial charge is 0.407 e. The van der Waals surface area contributed by atoms with Crippen LogP contribution in [0.1, 0.15) is 52.1 Å². The first-order chi connectivity index (χ1) is 13.4. The molecule has 2 unspecified atom stereocenters. The highest BCUT2D eigenvalue weighted by Crippen LogP contribution is 2.41. The number of carbonyl (C=O) groups is 2. The molecule has 1 aromatic carbocycles. The van der Waals surface area contributed by atoms with Crippen LogP contribution in [0.15, 0.2) is 23.1 Å². The Hall–Kier alpha value is -2.29. The summed E-state index contributed by atoms with van der Waals surface area (Å²) in [5.74, 6) is -1.46. The summed E-state index contributed by atoms with van der Waals surface area (Å²) in [6.07, 6.45) is -0.305. The van der Waals surface area contributed by atoms with Crippen LogP contribution in [-0.4, -0.2) is 49.4 Å². The van der Waals surface area contributed by atoms with Crippen LogP contribution < -0.4 is 5.73 Å². The molecule has 0 aromatic heterocycles. The summed E-state index contributed by atoms with van der Waals surface area (Å²) in [6.45, 7) is 7.92. The second-order valence-electron chi connectivity index (χ2n) is 8.49. The zero-order valence-corrected chi connectivity index (χ0v) is 18.2. The van der Waals surface area contributed by atoms with E-state index in [4.69, 9.17) is 10.5 Å². The van der Waals surface area contributed by atoms with E-state index in [9.17, 15) is 23.1 Å². The number of amides is 1. The monoisotopic (exact) mass is 426 g/mol. The molecule has 8 nitrogen and oxygen atoms in total. The number of likely N-dealkylation sites (tertiary alicyclic amines) is 1. The zero-order chi connectivity index (χ0) is 22.0. The van der Waals surface area contributed by atoms with Gasteiger partial charge in [0.25, 0.3) is 0 Å². The van der Waals surface area contributed by atoms with E-state index in [0.29, 0.717) is 12.1 Å². The number of carboxylic acid groups (broad SMARTS) is 1. The van der Waals surface area contributed by atoms with Gasteiger partial charge in [0.1, 0.15) is 0 Å². The van der Waals surface area contributed by atoms with Crippen molar-refractivity contribution in [1.29, 1.82) is 0 Å². The molecule has 0 saturated carbocycles. The molecule has 1 aliphatic rings. The van der Waals surface area contributed by atoms with Crippen molar-refractivity contribution < 1.29 is 27.9 Å². The molecule has 29 heavy (non-hydrogen) atoms. The summed E-state index contributed by atoms with van der Waals surface area (Å²) < 4.78 is 30.6. The van der Waals surface area contributed by atoms with Gasteiger partial charge in [-0.3, -0.25) is 4.79 Å². The standard InChI is InChI=1S/C20H30N2O6S/c1-5-29(26,27)16-7-6-13(21)12-15(16)17-14(8-10-22(17)19(24)25)18(23)28-11-9-20(2,3)4/h6-7,12,14,17H,5,8-11,21H2,1-4H3,(H,24,25). The highest BCUT2D eigenvalue weighted by Gasteiger charge is 2.45. The van der Waals surface area contributed by atoms with Gasteiger partial charge in [-0.05, 0) is 42.0 Å². The molecule has 3 N–H and O–H groups in total.